The predicted octanol–water partition coefficient (Wildman–Crippen LogP) is 0.00390. The normalized spacial score (nSPS) is 16.8. The van der Waals surface area contributed by atoms with Crippen molar-refractivity contribution < 1.29 is 14.3 Å². The third-order valence-electron chi connectivity index (χ3n) is 1.13. The van der Waals surface area contributed by atoms with Crippen LogP contribution in [0.3, 0.4) is 0 Å². The summed E-state index contributed by atoms with van der Waals surface area (Å²) in [5.41, 5.74) is 4.95. The van der Waals surface area contributed by atoms with Gasteiger partial charge in [0.15, 0.2) is 0 Å². The molecule has 0 fully saturated rings. The molecule has 2 atom stereocenters. The quantitative estimate of drug-likeness (QED) is 0.572. The largest absolute Gasteiger partial charge is 0.481 e. The molecule has 0 radical (unpaired) electrons. The Kier molecular flexibility index (Phi) is 3.16. The zero-order valence-electron chi connectivity index (χ0n) is 5.17. The summed E-state index contributed by atoms with van der Waals surface area (Å²) >= 11 is 0. The van der Waals surface area contributed by atoms with E-state index in [2.05, 4.69) is 0 Å². The van der Waals surface area contributed by atoms with Crippen LogP contribution in [-0.4, -0.2) is 23.8 Å². The van der Waals surface area contributed by atoms with Crippen LogP contribution in [0.15, 0.2) is 0 Å². The van der Waals surface area contributed by atoms with Crippen LogP contribution in [0.4, 0.5) is 4.39 Å². The summed E-state index contributed by atoms with van der Waals surface area (Å²) in [6, 6.07) is 0. The number of rotatable bonds is 3. The highest BCUT2D eigenvalue weighted by Gasteiger charge is 2.21. The first-order valence-electron chi connectivity index (χ1n) is 2.66. The SMILES string of the molecule is CC(F)C(CN)C(=O)O. The molecule has 54 valence electrons. The van der Waals surface area contributed by atoms with Gasteiger partial charge in [-0.05, 0) is 6.92 Å². The second kappa shape index (κ2) is 3.40. The number of carbonyl (C=O) groups is 1. The molecule has 0 aliphatic carbocycles. The molecule has 0 rings (SSSR count). The number of carboxylic acids is 1. The number of hydrogen-bond acceptors (Lipinski definition) is 2. The molecule has 0 spiro atoms. The van der Waals surface area contributed by atoms with Crippen LogP contribution in [0.2, 0.25) is 0 Å². The number of aliphatic carboxylic acids is 1. The Hall–Kier alpha value is -0.640. The van der Waals surface area contributed by atoms with E-state index in [1.165, 1.54) is 6.92 Å². The van der Waals surface area contributed by atoms with E-state index in [0.717, 1.165) is 0 Å². The van der Waals surface area contributed by atoms with Crippen molar-refractivity contribution in [1.29, 1.82) is 0 Å². The molecule has 0 aliphatic heterocycles. The molecular weight excluding hydrogens is 125 g/mol. The summed E-state index contributed by atoms with van der Waals surface area (Å²) in [5, 5.41) is 8.22. The molecule has 0 aromatic carbocycles. The third kappa shape index (κ3) is 2.41. The van der Waals surface area contributed by atoms with Gasteiger partial charge >= 0.3 is 5.97 Å². The number of carboxylic acid groups (broad SMARTS) is 1. The van der Waals surface area contributed by atoms with E-state index in [4.69, 9.17) is 10.8 Å². The third-order valence-corrected chi connectivity index (χ3v) is 1.13. The molecule has 2 unspecified atom stereocenters. The fraction of sp³-hybridized carbons (Fsp3) is 0.800. The van der Waals surface area contributed by atoms with E-state index >= 15 is 0 Å². The van der Waals surface area contributed by atoms with Crippen LogP contribution in [0.5, 0.6) is 0 Å². The Bertz CT molecular complexity index is 105. The first kappa shape index (κ1) is 8.36. The molecule has 3 nitrogen and oxygen atoms in total. The first-order valence-corrected chi connectivity index (χ1v) is 2.66. The standard InChI is InChI=1S/C5H10FNO2/c1-3(6)4(2-7)5(8)9/h3-4H,2,7H2,1H3,(H,8,9). The van der Waals surface area contributed by atoms with Crippen LogP contribution in [-0.2, 0) is 4.79 Å². The molecule has 3 N–H and O–H groups in total. The molecular formula is C5H10FNO2. The summed E-state index contributed by atoms with van der Waals surface area (Å²) in [6.45, 7) is 1.04. The highest BCUT2D eigenvalue weighted by atomic mass is 19.1. The average molecular weight is 135 g/mol. The van der Waals surface area contributed by atoms with Gasteiger partial charge in [-0.25, -0.2) is 4.39 Å². The molecule has 0 amide bonds. The highest BCUT2D eigenvalue weighted by Crippen LogP contribution is 2.04. The van der Waals surface area contributed by atoms with Gasteiger partial charge < -0.3 is 10.8 Å². The molecule has 4 heteroatoms. The Morgan fingerprint density at radius 1 is 1.89 bits per heavy atom. The van der Waals surface area contributed by atoms with Gasteiger partial charge in [-0.15, -0.1) is 0 Å². The maximum Gasteiger partial charge on any atom is 0.310 e. The first-order chi connectivity index (χ1) is 4.09. The van der Waals surface area contributed by atoms with Crippen molar-refractivity contribution in [3.63, 3.8) is 0 Å². The van der Waals surface area contributed by atoms with E-state index in [1.807, 2.05) is 0 Å². The Morgan fingerprint density at radius 2 is 2.33 bits per heavy atom. The van der Waals surface area contributed by atoms with Crippen molar-refractivity contribution in [3.8, 4) is 0 Å². The summed E-state index contributed by atoms with van der Waals surface area (Å²) in [7, 11) is 0. The van der Waals surface area contributed by atoms with Crippen molar-refractivity contribution in [3.05, 3.63) is 0 Å². The zero-order valence-corrected chi connectivity index (χ0v) is 5.17. The van der Waals surface area contributed by atoms with Crippen molar-refractivity contribution in [2.24, 2.45) is 11.7 Å². The maximum atomic E-state index is 12.2. The van der Waals surface area contributed by atoms with Crippen LogP contribution in [0.1, 0.15) is 6.92 Å². The summed E-state index contributed by atoms with van der Waals surface area (Å²) in [5.74, 6) is -2.22. The minimum absolute atomic E-state index is 0.146. The molecule has 0 bridgehead atoms. The van der Waals surface area contributed by atoms with Gasteiger partial charge in [0.05, 0.1) is 5.92 Å². The van der Waals surface area contributed by atoms with Crippen molar-refractivity contribution in [2.45, 2.75) is 13.1 Å². The zero-order chi connectivity index (χ0) is 7.44. The predicted molar refractivity (Wildman–Crippen MR) is 30.8 cm³/mol. The van der Waals surface area contributed by atoms with Gasteiger partial charge in [-0.2, -0.15) is 0 Å². The van der Waals surface area contributed by atoms with Gasteiger partial charge in [0.25, 0.3) is 0 Å². The Morgan fingerprint density at radius 3 is 2.33 bits per heavy atom. The monoisotopic (exact) mass is 135 g/mol. The van der Waals surface area contributed by atoms with E-state index < -0.39 is 18.1 Å². The lowest BCUT2D eigenvalue weighted by molar-refractivity contribution is -0.143. The smallest absolute Gasteiger partial charge is 0.310 e. The number of hydrogen-bond donors (Lipinski definition) is 2. The fourth-order valence-corrected chi connectivity index (χ4v) is 0.485. The molecule has 9 heavy (non-hydrogen) atoms. The fourth-order valence-electron chi connectivity index (χ4n) is 0.485. The number of alkyl halides is 1. The van der Waals surface area contributed by atoms with Gasteiger partial charge in [0.2, 0.25) is 0 Å². The molecule has 0 aliphatic rings. The van der Waals surface area contributed by atoms with Gasteiger partial charge in [-0.3, -0.25) is 4.79 Å². The van der Waals surface area contributed by atoms with Gasteiger partial charge in [0.1, 0.15) is 6.17 Å². The van der Waals surface area contributed by atoms with E-state index in [1.54, 1.807) is 0 Å². The van der Waals surface area contributed by atoms with Crippen molar-refractivity contribution in [1.82, 2.24) is 0 Å². The minimum atomic E-state index is -1.37. The molecule has 0 heterocycles. The maximum absolute atomic E-state index is 12.2. The van der Waals surface area contributed by atoms with Crippen LogP contribution >= 0.6 is 0 Å². The van der Waals surface area contributed by atoms with Crippen LogP contribution in [0, 0.1) is 5.92 Å². The molecule has 0 aromatic rings. The lowest BCUT2D eigenvalue weighted by Gasteiger charge is -2.08. The summed E-state index contributed by atoms with van der Waals surface area (Å²) < 4.78 is 12.2. The van der Waals surface area contributed by atoms with Crippen molar-refractivity contribution in [2.75, 3.05) is 6.54 Å². The van der Waals surface area contributed by atoms with Crippen LogP contribution < -0.4 is 5.73 Å². The highest BCUT2D eigenvalue weighted by molar-refractivity contribution is 5.70. The van der Waals surface area contributed by atoms with Gasteiger partial charge in [-0.1, -0.05) is 0 Å². The molecule has 0 saturated carbocycles. The lowest BCUT2D eigenvalue weighted by atomic mass is 10.1. The molecule has 0 aromatic heterocycles. The topological polar surface area (TPSA) is 63.3 Å². The average Bonchev–Trinajstić information content (AvgIpc) is 1.64. The van der Waals surface area contributed by atoms with E-state index in [9.17, 15) is 9.18 Å². The number of nitrogens with two attached hydrogens (primary N) is 1. The Balaban J connectivity index is 3.83. The second-order valence-electron chi connectivity index (χ2n) is 1.86. The second-order valence-corrected chi connectivity index (χ2v) is 1.86. The van der Waals surface area contributed by atoms with E-state index in [-0.39, 0.29) is 6.54 Å². The summed E-state index contributed by atoms with van der Waals surface area (Å²) in [4.78, 5) is 10.1. The Labute approximate surface area is 52.7 Å². The number of halogens is 1. The lowest BCUT2D eigenvalue weighted by Crippen LogP contribution is -2.30. The minimum Gasteiger partial charge on any atom is -0.481 e. The van der Waals surface area contributed by atoms with Crippen LogP contribution in [0.25, 0.3) is 0 Å². The van der Waals surface area contributed by atoms with Gasteiger partial charge in [0, 0.05) is 6.54 Å². The summed E-state index contributed by atoms with van der Waals surface area (Å²) in [6.07, 6.45) is -1.37. The van der Waals surface area contributed by atoms with E-state index in [0.29, 0.717) is 0 Å². The molecule has 0 saturated heterocycles. The van der Waals surface area contributed by atoms with Crippen molar-refractivity contribution >= 4 is 5.97 Å².